The van der Waals surface area contributed by atoms with Crippen molar-refractivity contribution in [1.29, 1.82) is 0 Å². The summed E-state index contributed by atoms with van der Waals surface area (Å²) in [4.78, 5) is 7.33. The first-order valence-corrected chi connectivity index (χ1v) is 9.69. The molecule has 0 aromatic carbocycles. The largest absolute Gasteiger partial charge is 0.332 e. The first kappa shape index (κ1) is 16.8. The SMILES string of the molecule is CC(C)(C)n1cc(CN2CCCC(c3ncc4n3CCCC4)C2)nn1. The molecule has 4 rings (SSSR count). The molecule has 0 saturated carbocycles. The van der Waals surface area contributed by atoms with Crippen LogP contribution in [0.2, 0.25) is 0 Å². The highest BCUT2D eigenvalue weighted by Crippen LogP contribution is 2.29. The predicted molar refractivity (Wildman–Crippen MR) is 97.4 cm³/mol. The van der Waals surface area contributed by atoms with Crippen LogP contribution in [-0.2, 0) is 25.0 Å². The molecule has 1 unspecified atom stereocenters. The van der Waals surface area contributed by atoms with Crippen LogP contribution in [0.3, 0.4) is 0 Å². The zero-order valence-electron chi connectivity index (χ0n) is 15.8. The Labute approximate surface area is 150 Å². The molecule has 0 N–H and O–H groups in total. The second-order valence-corrected chi connectivity index (χ2v) is 8.62. The number of imidazole rings is 1. The van der Waals surface area contributed by atoms with Crippen LogP contribution >= 0.6 is 0 Å². The molecule has 2 aliphatic rings. The van der Waals surface area contributed by atoms with Gasteiger partial charge in [0.15, 0.2) is 0 Å². The lowest BCUT2D eigenvalue weighted by Crippen LogP contribution is -2.35. The van der Waals surface area contributed by atoms with Crippen molar-refractivity contribution in [2.45, 2.75) is 77.4 Å². The van der Waals surface area contributed by atoms with Gasteiger partial charge >= 0.3 is 0 Å². The monoisotopic (exact) mass is 342 g/mol. The Balaban J connectivity index is 1.44. The van der Waals surface area contributed by atoms with E-state index in [9.17, 15) is 0 Å². The summed E-state index contributed by atoms with van der Waals surface area (Å²) in [6, 6.07) is 0. The fraction of sp³-hybridized carbons (Fsp3) is 0.737. The Morgan fingerprint density at radius 3 is 2.84 bits per heavy atom. The van der Waals surface area contributed by atoms with Crippen molar-refractivity contribution in [3.8, 4) is 0 Å². The van der Waals surface area contributed by atoms with Gasteiger partial charge in [-0.05, 0) is 59.4 Å². The third kappa shape index (κ3) is 3.50. The summed E-state index contributed by atoms with van der Waals surface area (Å²) in [5, 5.41) is 8.69. The Morgan fingerprint density at radius 1 is 1.16 bits per heavy atom. The predicted octanol–water partition coefficient (Wildman–Crippen LogP) is 2.95. The van der Waals surface area contributed by atoms with Gasteiger partial charge in [0.1, 0.15) is 5.82 Å². The van der Waals surface area contributed by atoms with Crippen LogP contribution < -0.4 is 0 Å². The van der Waals surface area contributed by atoms with Gasteiger partial charge in [-0.15, -0.1) is 5.10 Å². The number of nitrogens with zero attached hydrogens (tertiary/aromatic N) is 6. The summed E-state index contributed by atoms with van der Waals surface area (Å²) in [7, 11) is 0. The second kappa shape index (κ2) is 6.56. The molecular weight excluding hydrogens is 312 g/mol. The van der Waals surface area contributed by atoms with Crippen molar-refractivity contribution in [2.75, 3.05) is 13.1 Å². The minimum Gasteiger partial charge on any atom is -0.332 e. The highest BCUT2D eigenvalue weighted by atomic mass is 15.4. The zero-order chi connectivity index (χ0) is 17.4. The smallest absolute Gasteiger partial charge is 0.113 e. The molecule has 0 spiro atoms. The molecule has 0 bridgehead atoms. The van der Waals surface area contributed by atoms with Gasteiger partial charge in [-0.1, -0.05) is 5.21 Å². The molecule has 0 aliphatic carbocycles. The average Bonchev–Trinajstić information content (AvgIpc) is 3.21. The second-order valence-electron chi connectivity index (χ2n) is 8.62. The van der Waals surface area contributed by atoms with E-state index in [2.05, 4.69) is 52.9 Å². The number of aryl methyl sites for hydroxylation is 1. The van der Waals surface area contributed by atoms with Gasteiger partial charge in [0, 0.05) is 37.4 Å². The molecule has 0 amide bonds. The summed E-state index contributed by atoms with van der Waals surface area (Å²) in [6.45, 7) is 10.7. The van der Waals surface area contributed by atoms with Crippen LogP contribution in [-0.4, -0.2) is 42.5 Å². The van der Waals surface area contributed by atoms with Crippen molar-refractivity contribution in [3.63, 3.8) is 0 Å². The van der Waals surface area contributed by atoms with E-state index in [0.29, 0.717) is 5.92 Å². The molecule has 136 valence electrons. The van der Waals surface area contributed by atoms with Crippen LogP contribution in [0.1, 0.15) is 69.6 Å². The van der Waals surface area contributed by atoms with E-state index in [1.54, 1.807) is 0 Å². The number of likely N-dealkylation sites (tertiary alicyclic amines) is 1. The third-order valence-electron chi connectivity index (χ3n) is 5.52. The highest BCUT2D eigenvalue weighted by molar-refractivity contribution is 5.13. The van der Waals surface area contributed by atoms with Gasteiger partial charge < -0.3 is 4.57 Å². The first-order valence-electron chi connectivity index (χ1n) is 9.69. The number of hydrogen-bond acceptors (Lipinski definition) is 4. The Hall–Kier alpha value is -1.69. The van der Waals surface area contributed by atoms with Crippen LogP contribution in [0.15, 0.2) is 12.4 Å². The maximum Gasteiger partial charge on any atom is 0.113 e. The fourth-order valence-electron chi connectivity index (χ4n) is 4.12. The van der Waals surface area contributed by atoms with Crippen LogP contribution in [0.4, 0.5) is 0 Å². The third-order valence-corrected chi connectivity index (χ3v) is 5.52. The van der Waals surface area contributed by atoms with E-state index in [-0.39, 0.29) is 5.54 Å². The number of hydrogen-bond donors (Lipinski definition) is 0. The van der Waals surface area contributed by atoms with Gasteiger partial charge in [0.25, 0.3) is 0 Å². The van der Waals surface area contributed by atoms with Crippen LogP contribution in [0.5, 0.6) is 0 Å². The van der Waals surface area contributed by atoms with Gasteiger partial charge in [-0.3, -0.25) is 4.90 Å². The van der Waals surface area contributed by atoms with Gasteiger partial charge in [0.05, 0.1) is 17.4 Å². The van der Waals surface area contributed by atoms with Crippen molar-refractivity contribution < 1.29 is 0 Å². The molecule has 2 aliphatic heterocycles. The molecule has 2 aromatic heterocycles. The van der Waals surface area contributed by atoms with E-state index in [0.717, 1.165) is 31.9 Å². The first-order chi connectivity index (χ1) is 12.0. The van der Waals surface area contributed by atoms with Crippen LogP contribution in [0.25, 0.3) is 0 Å². The molecule has 0 radical (unpaired) electrons. The van der Waals surface area contributed by atoms with Crippen molar-refractivity contribution >= 4 is 0 Å². The minimum atomic E-state index is -0.00933. The topological polar surface area (TPSA) is 51.8 Å². The fourth-order valence-corrected chi connectivity index (χ4v) is 4.12. The molecule has 6 nitrogen and oxygen atoms in total. The summed E-state index contributed by atoms with van der Waals surface area (Å²) in [5.74, 6) is 1.87. The maximum atomic E-state index is 4.80. The molecule has 25 heavy (non-hydrogen) atoms. The molecule has 4 heterocycles. The highest BCUT2D eigenvalue weighted by Gasteiger charge is 2.27. The lowest BCUT2D eigenvalue weighted by atomic mass is 9.96. The molecule has 6 heteroatoms. The van der Waals surface area contributed by atoms with Crippen molar-refractivity contribution in [2.24, 2.45) is 0 Å². The summed E-state index contributed by atoms with van der Waals surface area (Å²) < 4.78 is 4.46. The van der Waals surface area contributed by atoms with E-state index in [4.69, 9.17) is 4.98 Å². The molecule has 1 atom stereocenters. The van der Waals surface area contributed by atoms with E-state index >= 15 is 0 Å². The van der Waals surface area contributed by atoms with Gasteiger partial charge in [-0.25, -0.2) is 9.67 Å². The maximum absolute atomic E-state index is 4.80. The van der Waals surface area contributed by atoms with E-state index in [1.165, 1.54) is 43.6 Å². The van der Waals surface area contributed by atoms with Gasteiger partial charge in [-0.2, -0.15) is 0 Å². The van der Waals surface area contributed by atoms with E-state index in [1.807, 2.05) is 4.68 Å². The molecule has 1 fully saturated rings. The molecular formula is C19H30N6. The lowest BCUT2D eigenvalue weighted by molar-refractivity contribution is 0.192. The normalized spacial score (nSPS) is 22.1. The summed E-state index contributed by atoms with van der Waals surface area (Å²) >= 11 is 0. The summed E-state index contributed by atoms with van der Waals surface area (Å²) in [6.07, 6.45) is 10.5. The Bertz CT molecular complexity index is 723. The number of piperidine rings is 1. The number of rotatable bonds is 3. The number of fused-ring (bicyclic) bond motifs is 1. The quantitative estimate of drug-likeness (QED) is 0.860. The Kier molecular flexibility index (Phi) is 4.40. The van der Waals surface area contributed by atoms with Gasteiger partial charge in [0.2, 0.25) is 0 Å². The standard InChI is InChI=1S/C19H30N6/c1-19(2,3)25-14-16(21-22-25)13-23-9-6-7-15(12-23)18-20-11-17-8-4-5-10-24(17)18/h11,14-15H,4-10,12-13H2,1-3H3. The summed E-state index contributed by atoms with van der Waals surface area (Å²) in [5.41, 5.74) is 2.50. The van der Waals surface area contributed by atoms with Crippen molar-refractivity contribution in [3.05, 3.63) is 29.6 Å². The van der Waals surface area contributed by atoms with Crippen molar-refractivity contribution in [1.82, 2.24) is 29.4 Å². The average molecular weight is 342 g/mol. The van der Waals surface area contributed by atoms with Crippen LogP contribution in [0, 0.1) is 0 Å². The molecule has 1 saturated heterocycles. The molecule has 2 aromatic rings. The number of aromatic nitrogens is 5. The van der Waals surface area contributed by atoms with E-state index < -0.39 is 0 Å². The minimum absolute atomic E-state index is 0.00933. The zero-order valence-corrected chi connectivity index (χ0v) is 15.8. The Morgan fingerprint density at radius 2 is 2.04 bits per heavy atom. The lowest BCUT2D eigenvalue weighted by Gasteiger charge is -2.32.